The number of rotatable bonds is 7. The molecule has 0 aliphatic carbocycles. The van der Waals surface area contributed by atoms with Crippen LogP contribution in [0.15, 0.2) is 47.1 Å². The van der Waals surface area contributed by atoms with E-state index in [1.807, 2.05) is 31.2 Å². The van der Waals surface area contributed by atoms with Crippen molar-refractivity contribution in [1.29, 1.82) is 0 Å². The fourth-order valence-corrected chi connectivity index (χ4v) is 3.55. The second kappa shape index (κ2) is 7.98. The molecule has 3 aromatic rings. The van der Waals surface area contributed by atoms with Crippen LogP contribution in [-0.2, 0) is 6.42 Å². The zero-order chi connectivity index (χ0) is 17.6. The van der Waals surface area contributed by atoms with E-state index in [1.54, 1.807) is 12.1 Å². The zero-order valence-corrected chi connectivity index (χ0v) is 15.1. The molecule has 0 radical (unpaired) electrons. The quantitative estimate of drug-likeness (QED) is 0.646. The highest BCUT2D eigenvalue weighted by molar-refractivity contribution is 7.16. The van der Waals surface area contributed by atoms with Crippen LogP contribution in [0, 0.1) is 0 Å². The summed E-state index contributed by atoms with van der Waals surface area (Å²) < 4.78 is 10.6. The Labute approximate surface area is 150 Å². The molecule has 2 aromatic heterocycles. The summed E-state index contributed by atoms with van der Waals surface area (Å²) in [5.41, 5.74) is 1.92. The Kier molecular flexibility index (Phi) is 5.50. The first-order valence-electron chi connectivity index (χ1n) is 8.29. The van der Waals surface area contributed by atoms with Gasteiger partial charge in [0.2, 0.25) is 0 Å². The van der Waals surface area contributed by atoms with Crippen LogP contribution in [0.1, 0.15) is 35.7 Å². The van der Waals surface area contributed by atoms with Gasteiger partial charge < -0.3 is 9.15 Å². The Balaban J connectivity index is 1.85. The topological polar surface area (TPSA) is 64.4 Å². The van der Waals surface area contributed by atoms with Gasteiger partial charge in [0.15, 0.2) is 10.9 Å². The van der Waals surface area contributed by atoms with Crippen LogP contribution in [0.5, 0.6) is 5.75 Å². The molecule has 1 aromatic carbocycles. The van der Waals surface area contributed by atoms with Crippen LogP contribution in [0.4, 0.5) is 5.13 Å². The molecule has 0 saturated carbocycles. The maximum atomic E-state index is 12.2. The fraction of sp³-hybridized carbons (Fsp3) is 0.263. The molecule has 1 amide bonds. The Morgan fingerprint density at radius 2 is 2.04 bits per heavy atom. The molecule has 0 aliphatic heterocycles. The number of thiazole rings is 1. The highest BCUT2D eigenvalue weighted by Gasteiger charge is 2.16. The molecule has 25 heavy (non-hydrogen) atoms. The lowest BCUT2D eigenvalue weighted by Gasteiger charge is -2.05. The van der Waals surface area contributed by atoms with E-state index in [2.05, 4.69) is 17.2 Å². The Morgan fingerprint density at radius 3 is 2.68 bits per heavy atom. The van der Waals surface area contributed by atoms with Crippen LogP contribution < -0.4 is 10.1 Å². The summed E-state index contributed by atoms with van der Waals surface area (Å²) in [5, 5.41) is 3.39. The number of benzene rings is 1. The predicted octanol–water partition coefficient (Wildman–Crippen LogP) is 5.01. The summed E-state index contributed by atoms with van der Waals surface area (Å²) in [7, 11) is 0. The number of nitrogens with one attached hydrogen (secondary N) is 1. The van der Waals surface area contributed by atoms with Crippen molar-refractivity contribution in [1.82, 2.24) is 4.98 Å². The number of nitrogens with zero attached hydrogens (tertiary/aromatic N) is 1. The van der Waals surface area contributed by atoms with Crippen molar-refractivity contribution in [2.75, 3.05) is 11.9 Å². The number of carbonyl (C=O) groups is 1. The number of anilines is 1. The molecule has 130 valence electrons. The molecule has 6 heteroatoms. The number of aryl methyl sites for hydroxylation is 1. The fourth-order valence-electron chi connectivity index (χ4n) is 2.47. The Morgan fingerprint density at radius 1 is 1.24 bits per heavy atom. The van der Waals surface area contributed by atoms with Gasteiger partial charge in [-0.2, -0.15) is 0 Å². The molecule has 1 N–H and O–H groups in total. The number of carbonyl (C=O) groups excluding carboxylic acids is 1. The smallest absolute Gasteiger partial charge is 0.293 e. The largest absolute Gasteiger partial charge is 0.494 e. The lowest BCUT2D eigenvalue weighted by molar-refractivity contribution is 0.0996. The number of hydrogen-bond acceptors (Lipinski definition) is 5. The first kappa shape index (κ1) is 17.2. The molecule has 0 spiro atoms. The molecule has 0 bridgehead atoms. The van der Waals surface area contributed by atoms with Gasteiger partial charge >= 0.3 is 0 Å². The third-order valence-corrected chi connectivity index (χ3v) is 4.61. The number of hydrogen-bond donors (Lipinski definition) is 1. The van der Waals surface area contributed by atoms with Gasteiger partial charge in [-0.15, -0.1) is 11.3 Å². The summed E-state index contributed by atoms with van der Waals surface area (Å²) >= 11 is 1.50. The molecule has 5 nitrogen and oxygen atoms in total. The van der Waals surface area contributed by atoms with Crippen LogP contribution in [-0.4, -0.2) is 17.5 Å². The van der Waals surface area contributed by atoms with E-state index in [0.29, 0.717) is 11.7 Å². The van der Waals surface area contributed by atoms with Crippen molar-refractivity contribution in [2.24, 2.45) is 0 Å². The average molecular weight is 356 g/mol. The van der Waals surface area contributed by atoms with Gasteiger partial charge in [0.25, 0.3) is 5.91 Å². The number of furan rings is 1. The monoisotopic (exact) mass is 356 g/mol. The summed E-state index contributed by atoms with van der Waals surface area (Å²) in [6, 6.07) is 11.2. The van der Waals surface area contributed by atoms with E-state index >= 15 is 0 Å². The van der Waals surface area contributed by atoms with Crippen LogP contribution in [0.3, 0.4) is 0 Å². The molecular weight excluding hydrogens is 336 g/mol. The highest BCUT2D eigenvalue weighted by atomic mass is 32.1. The lowest BCUT2D eigenvalue weighted by atomic mass is 10.1. The lowest BCUT2D eigenvalue weighted by Crippen LogP contribution is -2.10. The van der Waals surface area contributed by atoms with Gasteiger partial charge in [-0.1, -0.05) is 13.3 Å². The third-order valence-electron chi connectivity index (χ3n) is 3.58. The minimum Gasteiger partial charge on any atom is -0.494 e. The minimum absolute atomic E-state index is 0.273. The minimum atomic E-state index is -0.292. The van der Waals surface area contributed by atoms with Crippen LogP contribution >= 0.6 is 11.3 Å². The summed E-state index contributed by atoms with van der Waals surface area (Å²) in [4.78, 5) is 17.9. The van der Waals surface area contributed by atoms with Gasteiger partial charge in [-0.25, -0.2) is 4.98 Å². The normalized spacial score (nSPS) is 10.6. The van der Waals surface area contributed by atoms with Crippen molar-refractivity contribution >= 4 is 22.4 Å². The van der Waals surface area contributed by atoms with Crippen molar-refractivity contribution in [2.45, 2.75) is 26.7 Å². The average Bonchev–Trinajstić information content (AvgIpc) is 3.26. The second-order valence-corrected chi connectivity index (χ2v) is 6.51. The predicted molar refractivity (Wildman–Crippen MR) is 99.4 cm³/mol. The van der Waals surface area contributed by atoms with E-state index in [0.717, 1.165) is 34.7 Å². The molecule has 0 unspecified atom stereocenters. The molecule has 0 saturated heterocycles. The molecule has 0 fully saturated rings. The van der Waals surface area contributed by atoms with Crippen molar-refractivity contribution in [3.63, 3.8) is 0 Å². The molecule has 0 aliphatic rings. The first-order valence-corrected chi connectivity index (χ1v) is 9.10. The van der Waals surface area contributed by atoms with Crippen molar-refractivity contribution in [3.8, 4) is 17.0 Å². The standard InChI is InChI=1S/C19H20N2O3S/c1-3-6-16-17(13-8-10-14(11-9-13)23-4-2)20-19(25-16)21-18(22)15-7-5-12-24-15/h5,7-12H,3-4,6H2,1-2H3,(H,20,21,22). The van der Waals surface area contributed by atoms with E-state index in [4.69, 9.17) is 9.15 Å². The van der Waals surface area contributed by atoms with Gasteiger partial charge in [-0.3, -0.25) is 10.1 Å². The zero-order valence-electron chi connectivity index (χ0n) is 14.2. The molecule has 0 atom stereocenters. The Hall–Kier alpha value is -2.60. The molecular formula is C19H20N2O3S. The maximum Gasteiger partial charge on any atom is 0.293 e. The summed E-state index contributed by atoms with van der Waals surface area (Å²) in [6.07, 6.45) is 3.40. The number of amides is 1. The van der Waals surface area contributed by atoms with E-state index in [1.165, 1.54) is 17.6 Å². The third kappa shape index (κ3) is 4.09. The van der Waals surface area contributed by atoms with E-state index in [-0.39, 0.29) is 11.7 Å². The Bertz CT molecular complexity index is 823. The number of aromatic nitrogens is 1. The first-order chi connectivity index (χ1) is 12.2. The number of ether oxygens (including phenoxy) is 1. The van der Waals surface area contributed by atoms with Crippen molar-refractivity contribution < 1.29 is 13.9 Å². The molecule has 2 heterocycles. The second-order valence-electron chi connectivity index (χ2n) is 5.43. The van der Waals surface area contributed by atoms with E-state index < -0.39 is 0 Å². The summed E-state index contributed by atoms with van der Waals surface area (Å²) in [5.74, 6) is 0.819. The van der Waals surface area contributed by atoms with Crippen LogP contribution in [0.25, 0.3) is 11.3 Å². The van der Waals surface area contributed by atoms with Gasteiger partial charge in [0.1, 0.15) is 5.75 Å². The summed E-state index contributed by atoms with van der Waals surface area (Å²) in [6.45, 7) is 4.73. The van der Waals surface area contributed by atoms with Gasteiger partial charge in [-0.05, 0) is 49.7 Å². The molecule has 3 rings (SSSR count). The van der Waals surface area contributed by atoms with E-state index in [9.17, 15) is 4.79 Å². The van der Waals surface area contributed by atoms with Crippen LogP contribution in [0.2, 0.25) is 0 Å². The van der Waals surface area contributed by atoms with Gasteiger partial charge in [0, 0.05) is 10.4 Å². The van der Waals surface area contributed by atoms with Gasteiger partial charge in [0.05, 0.1) is 18.6 Å². The van der Waals surface area contributed by atoms with Crippen molar-refractivity contribution in [3.05, 3.63) is 53.3 Å². The SMILES string of the molecule is CCCc1sc(NC(=O)c2ccco2)nc1-c1ccc(OCC)cc1. The highest BCUT2D eigenvalue weighted by Crippen LogP contribution is 2.33. The maximum absolute atomic E-state index is 12.2.